The van der Waals surface area contributed by atoms with Crippen LogP contribution >= 0.6 is 11.8 Å². The van der Waals surface area contributed by atoms with E-state index in [4.69, 9.17) is 0 Å². The molecule has 0 saturated carbocycles. The highest BCUT2D eigenvalue weighted by atomic mass is 35.5. The fraction of sp³-hybridized carbons (Fsp3) is 0.690. The number of benzene rings is 1. The Morgan fingerprint density at radius 3 is 2.27 bits per heavy atom. The number of carbonyl (C=O) groups is 3. The molecule has 1 unspecified atom stereocenters. The van der Waals surface area contributed by atoms with Crippen LogP contribution in [0.1, 0.15) is 102 Å². The largest absolute Gasteiger partial charge is 1.00 e. The van der Waals surface area contributed by atoms with Crippen LogP contribution < -0.4 is 17.7 Å². The van der Waals surface area contributed by atoms with Crippen molar-refractivity contribution in [1.82, 2.24) is 10.2 Å². The fourth-order valence-corrected chi connectivity index (χ4v) is 7.18. The van der Waals surface area contributed by atoms with Crippen LogP contribution in [-0.2, 0) is 16.1 Å². The minimum absolute atomic E-state index is 0. The Morgan fingerprint density at radius 1 is 1.00 bits per heavy atom. The van der Waals surface area contributed by atoms with Crippen LogP contribution in [-0.4, -0.2) is 64.1 Å². The summed E-state index contributed by atoms with van der Waals surface area (Å²) in [5.74, 6) is 0.340. The molecule has 1 aromatic carbocycles. The second-order valence-corrected chi connectivity index (χ2v) is 12.1. The fourth-order valence-electron chi connectivity index (χ4n) is 6.09. The maximum Gasteiger partial charge on any atom is 0.255 e. The van der Waals surface area contributed by atoms with E-state index in [0.29, 0.717) is 30.6 Å². The highest BCUT2D eigenvalue weighted by Gasteiger charge is 2.39. The maximum atomic E-state index is 13.0. The summed E-state index contributed by atoms with van der Waals surface area (Å²) in [6.07, 6.45) is 8.32. The van der Waals surface area contributed by atoms with E-state index in [2.05, 4.69) is 46.0 Å². The molecule has 1 fully saturated rings. The summed E-state index contributed by atoms with van der Waals surface area (Å²) < 4.78 is 1.22. The van der Waals surface area contributed by atoms with Gasteiger partial charge in [0.25, 0.3) is 5.91 Å². The van der Waals surface area contributed by atoms with Crippen molar-refractivity contribution >= 4 is 29.5 Å². The summed E-state index contributed by atoms with van der Waals surface area (Å²) in [6, 6.07) is 6.69. The molecule has 3 amide bonds. The third-order valence-electron chi connectivity index (χ3n) is 8.41. The van der Waals surface area contributed by atoms with E-state index >= 15 is 0 Å². The van der Waals surface area contributed by atoms with E-state index in [1.54, 1.807) is 4.90 Å². The molecule has 1 aromatic rings. The minimum atomic E-state index is -0.553. The number of quaternary nitrogens is 1. The van der Waals surface area contributed by atoms with E-state index in [1.165, 1.54) is 56.1 Å². The smallest absolute Gasteiger partial charge is 0.255 e. The molecule has 0 aliphatic carbocycles. The third-order valence-corrected chi connectivity index (χ3v) is 9.60. The van der Waals surface area contributed by atoms with Crippen LogP contribution in [0.25, 0.3) is 0 Å². The zero-order valence-corrected chi connectivity index (χ0v) is 24.9. The molecule has 208 valence electrons. The van der Waals surface area contributed by atoms with Crippen molar-refractivity contribution in [1.29, 1.82) is 0 Å². The van der Waals surface area contributed by atoms with Crippen LogP contribution in [0.2, 0.25) is 0 Å². The van der Waals surface area contributed by atoms with E-state index < -0.39 is 6.04 Å². The molecule has 37 heavy (non-hydrogen) atoms. The average molecular weight is 552 g/mol. The van der Waals surface area contributed by atoms with Gasteiger partial charge in [0.05, 0.1) is 25.2 Å². The molecule has 2 aliphatic rings. The van der Waals surface area contributed by atoms with E-state index in [1.807, 2.05) is 23.9 Å². The summed E-state index contributed by atoms with van der Waals surface area (Å²) >= 11 is 1.82. The second kappa shape index (κ2) is 14.5. The Balaban J connectivity index is 0.00000481. The number of amides is 3. The van der Waals surface area contributed by atoms with Crippen LogP contribution in [0.5, 0.6) is 0 Å². The lowest BCUT2D eigenvalue weighted by Gasteiger charge is -2.45. The number of fused-ring (bicyclic) bond motifs is 1. The molecular weight excluding hydrogens is 506 g/mol. The summed E-state index contributed by atoms with van der Waals surface area (Å²) in [5, 5.41) is 2.38. The molecule has 1 saturated heterocycles. The summed E-state index contributed by atoms with van der Waals surface area (Å²) in [5.41, 5.74) is 1.74. The molecule has 6 nitrogen and oxygen atoms in total. The van der Waals surface area contributed by atoms with Gasteiger partial charge in [0.1, 0.15) is 6.04 Å². The SMILES string of the molecule is CC[N+](CCCCCCCCSc1cccc2c1CN(C1CCC(=O)NC1=O)C2=O)(C(C)C)C(C)C.[Cl-]. The molecule has 1 atom stereocenters. The third kappa shape index (κ3) is 7.51. The van der Waals surface area contributed by atoms with Crippen molar-refractivity contribution in [3.63, 3.8) is 0 Å². The summed E-state index contributed by atoms with van der Waals surface area (Å²) in [4.78, 5) is 39.6. The highest BCUT2D eigenvalue weighted by Crippen LogP contribution is 2.34. The molecular formula is C29H46ClN3O3S. The zero-order valence-electron chi connectivity index (χ0n) is 23.4. The van der Waals surface area contributed by atoms with Crippen LogP contribution in [0, 0.1) is 0 Å². The Bertz CT molecular complexity index is 929. The van der Waals surface area contributed by atoms with Gasteiger partial charge in [0.15, 0.2) is 0 Å². The number of hydrogen-bond donors (Lipinski definition) is 1. The second-order valence-electron chi connectivity index (χ2n) is 11.0. The molecule has 2 aliphatic heterocycles. The van der Waals surface area contributed by atoms with Crippen LogP contribution in [0.4, 0.5) is 0 Å². The Kier molecular flexibility index (Phi) is 12.4. The van der Waals surface area contributed by atoms with Gasteiger partial charge < -0.3 is 21.8 Å². The normalized spacial score (nSPS) is 17.9. The number of thioether (sulfide) groups is 1. The Morgan fingerprint density at radius 2 is 1.65 bits per heavy atom. The van der Waals surface area contributed by atoms with Gasteiger partial charge in [-0.05, 0) is 83.8 Å². The number of piperidine rings is 1. The standard InChI is InChI=1S/C29H45N3O3S.ClH/c1-6-32(21(2)3,22(4)5)18-11-9-7-8-10-12-19-36-26-15-13-14-23-24(26)20-31(29(23)35)25-16-17-27(33)30-28(25)34;/h13-15,21-22,25H,6-12,16-20H2,1-5H3;1H. The molecule has 0 bridgehead atoms. The lowest BCUT2D eigenvalue weighted by Crippen LogP contribution is -3.00. The topological polar surface area (TPSA) is 66.5 Å². The molecule has 8 heteroatoms. The quantitative estimate of drug-likeness (QED) is 0.167. The maximum absolute atomic E-state index is 13.0. The van der Waals surface area contributed by atoms with Gasteiger partial charge in [0.2, 0.25) is 11.8 Å². The van der Waals surface area contributed by atoms with Gasteiger partial charge in [-0.25, -0.2) is 0 Å². The molecule has 2 heterocycles. The van der Waals surface area contributed by atoms with E-state index in [9.17, 15) is 14.4 Å². The predicted molar refractivity (Wildman–Crippen MR) is 147 cm³/mol. The van der Waals surface area contributed by atoms with Crippen molar-refractivity contribution in [2.75, 3.05) is 18.8 Å². The van der Waals surface area contributed by atoms with Gasteiger partial charge >= 0.3 is 0 Å². The number of halogens is 1. The Labute approximate surface area is 234 Å². The minimum Gasteiger partial charge on any atom is -1.00 e. The number of carbonyl (C=O) groups excluding carboxylic acids is 3. The van der Waals surface area contributed by atoms with Crippen molar-refractivity contribution < 1.29 is 31.3 Å². The van der Waals surface area contributed by atoms with Crippen molar-refractivity contribution in [3.8, 4) is 0 Å². The van der Waals surface area contributed by atoms with Gasteiger partial charge in [-0.1, -0.05) is 25.3 Å². The van der Waals surface area contributed by atoms with Gasteiger partial charge in [0, 0.05) is 23.4 Å². The number of rotatable bonds is 14. The van der Waals surface area contributed by atoms with Gasteiger partial charge in [-0.3, -0.25) is 19.7 Å². The molecule has 0 spiro atoms. The Hall–Kier alpha value is -1.57. The molecule has 3 rings (SSSR count). The first-order valence-corrected chi connectivity index (χ1v) is 15.0. The lowest BCUT2D eigenvalue weighted by molar-refractivity contribution is -0.965. The van der Waals surface area contributed by atoms with Crippen LogP contribution in [0.15, 0.2) is 23.1 Å². The first-order valence-electron chi connectivity index (χ1n) is 14.0. The summed E-state index contributed by atoms with van der Waals surface area (Å²) in [7, 11) is 0. The van der Waals surface area contributed by atoms with Gasteiger partial charge in [-0.15, -0.1) is 11.8 Å². The predicted octanol–water partition coefficient (Wildman–Crippen LogP) is 2.54. The number of imide groups is 1. The summed E-state index contributed by atoms with van der Waals surface area (Å²) in [6.45, 7) is 14.8. The molecule has 0 aromatic heterocycles. The first-order chi connectivity index (χ1) is 17.2. The first kappa shape index (κ1) is 31.6. The molecule has 0 radical (unpaired) electrons. The number of hydrogen-bond acceptors (Lipinski definition) is 4. The number of unbranched alkanes of at least 4 members (excludes halogenated alkanes) is 5. The van der Waals surface area contributed by atoms with Crippen molar-refractivity contribution in [3.05, 3.63) is 29.3 Å². The average Bonchev–Trinajstić information content (AvgIpc) is 3.17. The molecule has 1 N–H and O–H groups in total. The van der Waals surface area contributed by atoms with E-state index in [0.717, 1.165) is 16.2 Å². The zero-order chi connectivity index (χ0) is 26.3. The monoisotopic (exact) mass is 551 g/mol. The number of nitrogens with one attached hydrogen (secondary N) is 1. The van der Waals surface area contributed by atoms with E-state index in [-0.39, 0.29) is 36.5 Å². The highest BCUT2D eigenvalue weighted by molar-refractivity contribution is 7.99. The van der Waals surface area contributed by atoms with Crippen molar-refractivity contribution in [2.24, 2.45) is 0 Å². The lowest BCUT2D eigenvalue weighted by atomic mass is 10.0. The number of nitrogens with zero attached hydrogens (tertiary/aromatic N) is 2. The van der Waals surface area contributed by atoms with Crippen LogP contribution in [0.3, 0.4) is 0 Å². The van der Waals surface area contributed by atoms with Gasteiger partial charge in [-0.2, -0.15) is 0 Å². The van der Waals surface area contributed by atoms with Crippen molar-refractivity contribution in [2.45, 2.75) is 116 Å².